The van der Waals surface area contributed by atoms with Gasteiger partial charge in [-0.25, -0.2) is 0 Å². The summed E-state index contributed by atoms with van der Waals surface area (Å²) in [7, 11) is 0. The van der Waals surface area contributed by atoms with Crippen LogP contribution in [-0.4, -0.2) is 19.1 Å². The Morgan fingerprint density at radius 2 is 2.00 bits per heavy atom. The van der Waals surface area contributed by atoms with E-state index in [1.54, 1.807) is 6.07 Å². The molecule has 0 bridgehead atoms. The Balaban J connectivity index is 1.93. The van der Waals surface area contributed by atoms with Crippen LogP contribution in [0.4, 0.5) is 11.4 Å². The summed E-state index contributed by atoms with van der Waals surface area (Å²) < 4.78 is 5.42. The molecule has 0 aliphatic rings. The normalized spacial score (nSPS) is 10.1. The van der Waals surface area contributed by atoms with Gasteiger partial charge in [0.15, 0.2) is 0 Å². The quantitative estimate of drug-likeness (QED) is 0.843. The first-order chi connectivity index (χ1) is 10.6. The first-order valence-corrected chi connectivity index (χ1v) is 7.49. The molecule has 2 rings (SSSR count). The Morgan fingerprint density at radius 1 is 1.23 bits per heavy atom. The Morgan fingerprint density at radius 3 is 2.77 bits per heavy atom. The lowest BCUT2D eigenvalue weighted by Crippen LogP contribution is -2.22. The number of ether oxygens (including phenoxy) is 1. The predicted octanol–water partition coefficient (Wildman–Crippen LogP) is 4.10. The molecule has 4 nitrogen and oxygen atoms in total. The SMILES string of the molecule is CCOc1cccc(NCC(=O)Nc2cccc(Cl)c2C)c1. The average molecular weight is 319 g/mol. The summed E-state index contributed by atoms with van der Waals surface area (Å²) in [4.78, 5) is 12.0. The standard InChI is InChI=1S/C17H19ClN2O2/c1-3-22-14-7-4-6-13(10-14)19-11-17(21)20-16-9-5-8-15(18)12(16)2/h4-10,19H,3,11H2,1-2H3,(H,20,21). The minimum atomic E-state index is -0.132. The molecule has 22 heavy (non-hydrogen) atoms. The summed E-state index contributed by atoms with van der Waals surface area (Å²) >= 11 is 6.04. The van der Waals surface area contributed by atoms with E-state index in [4.69, 9.17) is 16.3 Å². The van der Waals surface area contributed by atoms with E-state index in [-0.39, 0.29) is 12.5 Å². The fraction of sp³-hybridized carbons (Fsp3) is 0.235. The molecule has 0 saturated carbocycles. The molecule has 0 heterocycles. The summed E-state index contributed by atoms with van der Waals surface area (Å²) in [6.45, 7) is 4.58. The monoisotopic (exact) mass is 318 g/mol. The summed E-state index contributed by atoms with van der Waals surface area (Å²) in [6, 6.07) is 12.9. The number of carbonyl (C=O) groups is 1. The second kappa shape index (κ2) is 7.71. The van der Waals surface area contributed by atoms with E-state index >= 15 is 0 Å². The van der Waals surface area contributed by atoms with Crippen molar-refractivity contribution in [3.63, 3.8) is 0 Å². The van der Waals surface area contributed by atoms with Gasteiger partial charge in [-0.2, -0.15) is 0 Å². The van der Waals surface area contributed by atoms with Crippen molar-refractivity contribution in [3.05, 3.63) is 53.1 Å². The Kier molecular flexibility index (Phi) is 5.67. The highest BCUT2D eigenvalue weighted by Crippen LogP contribution is 2.23. The number of hydrogen-bond donors (Lipinski definition) is 2. The lowest BCUT2D eigenvalue weighted by Gasteiger charge is -2.11. The van der Waals surface area contributed by atoms with Crippen molar-refractivity contribution in [2.24, 2.45) is 0 Å². The lowest BCUT2D eigenvalue weighted by atomic mass is 10.2. The van der Waals surface area contributed by atoms with Crippen LogP contribution >= 0.6 is 11.6 Å². The topological polar surface area (TPSA) is 50.4 Å². The van der Waals surface area contributed by atoms with Crippen LogP contribution < -0.4 is 15.4 Å². The molecule has 2 N–H and O–H groups in total. The molecule has 1 amide bonds. The number of nitrogens with one attached hydrogen (secondary N) is 2. The molecule has 116 valence electrons. The minimum absolute atomic E-state index is 0.132. The molecule has 0 unspecified atom stereocenters. The molecule has 0 saturated heterocycles. The van der Waals surface area contributed by atoms with E-state index in [2.05, 4.69) is 10.6 Å². The number of rotatable bonds is 6. The molecular formula is C17H19ClN2O2. The van der Waals surface area contributed by atoms with Gasteiger partial charge >= 0.3 is 0 Å². The summed E-state index contributed by atoms with van der Waals surface area (Å²) in [5.74, 6) is 0.644. The molecule has 0 aliphatic heterocycles. The second-order valence-corrected chi connectivity index (χ2v) is 5.18. The average Bonchev–Trinajstić information content (AvgIpc) is 2.51. The maximum Gasteiger partial charge on any atom is 0.243 e. The molecule has 0 aliphatic carbocycles. The van der Waals surface area contributed by atoms with Gasteiger partial charge in [0.05, 0.1) is 13.2 Å². The van der Waals surface area contributed by atoms with E-state index < -0.39 is 0 Å². The van der Waals surface area contributed by atoms with Gasteiger partial charge in [0, 0.05) is 22.5 Å². The predicted molar refractivity (Wildman–Crippen MR) is 90.9 cm³/mol. The van der Waals surface area contributed by atoms with Crippen molar-refractivity contribution in [2.45, 2.75) is 13.8 Å². The summed E-state index contributed by atoms with van der Waals surface area (Å²) in [6.07, 6.45) is 0. The van der Waals surface area contributed by atoms with Crippen LogP contribution in [0.5, 0.6) is 5.75 Å². The third-order valence-corrected chi connectivity index (χ3v) is 3.55. The first-order valence-electron chi connectivity index (χ1n) is 7.12. The highest BCUT2D eigenvalue weighted by Gasteiger charge is 2.06. The van der Waals surface area contributed by atoms with Crippen LogP contribution in [0.25, 0.3) is 0 Å². The Bertz CT molecular complexity index is 659. The molecule has 0 aromatic heterocycles. The van der Waals surface area contributed by atoms with Crippen LogP contribution in [0, 0.1) is 6.92 Å². The van der Waals surface area contributed by atoms with Gasteiger partial charge in [0.2, 0.25) is 5.91 Å². The van der Waals surface area contributed by atoms with Gasteiger partial charge in [0.1, 0.15) is 5.75 Å². The van der Waals surface area contributed by atoms with Gasteiger partial charge < -0.3 is 15.4 Å². The molecule has 0 radical (unpaired) electrons. The van der Waals surface area contributed by atoms with Crippen molar-refractivity contribution < 1.29 is 9.53 Å². The van der Waals surface area contributed by atoms with E-state index in [0.717, 1.165) is 22.7 Å². The zero-order valence-electron chi connectivity index (χ0n) is 12.7. The third-order valence-electron chi connectivity index (χ3n) is 3.14. The molecule has 0 atom stereocenters. The number of carbonyl (C=O) groups excluding carboxylic acids is 1. The van der Waals surface area contributed by atoms with Crippen molar-refractivity contribution in [1.29, 1.82) is 0 Å². The van der Waals surface area contributed by atoms with Crippen molar-refractivity contribution in [1.82, 2.24) is 0 Å². The Labute approximate surface area is 135 Å². The van der Waals surface area contributed by atoms with Crippen LogP contribution in [0.3, 0.4) is 0 Å². The number of hydrogen-bond acceptors (Lipinski definition) is 3. The second-order valence-electron chi connectivity index (χ2n) is 4.77. The molecule has 2 aromatic carbocycles. The van der Waals surface area contributed by atoms with Gasteiger partial charge in [0.25, 0.3) is 0 Å². The van der Waals surface area contributed by atoms with Crippen LogP contribution in [0.2, 0.25) is 5.02 Å². The van der Waals surface area contributed by atoms with E-state index in [9.17, 15) is 4.79 Å². The van der Waals surface area contributed by atoms with E-state index in [1.165, 1.54) is 0 Å². The largest absolute Gasteiger partial charge is 0.494 e. The highest BCUT2D eigenvalue weighted by atomic mass is 35.5. The molecule has 5 heteroatoms. The highest BCUT2D eigenvalue weighted by molar-refractivity contribution is 6.31. The van der Waals surface area contributed by atoms with Crippen molar-refractivity contribution in [3.8, 4) is 5.75 Å². The van der Waals surface area contributed by atoms with Crippen molar-refractivity contribution in [2.75, 3.05) is 23.8 Å². The summed E-state index contributed by atoms with van der Waals surface area (Å²) in [5.41, 5.74) is 2.42. The van der Waals surface area contributed by atoms with Crippen LogP contribution in [0.15, 0.2) is 42.5 Å². The van der Waals surface area contributed by atoms with E-state index in [0.29, 0.717) is 11.6 Å². The van der Waals surface area contributed by atoms with Gasteiger partial charge in [-0.1, -0.05) is 23.7 Å². The zero-order valence-corrected chi connectivity index (χ0v) is 13.4. The number of halogens is 1. The smallest absolute Gasteiger partial charge is 0.243 e. The fourth-order valence-electron chi connectivity index (χ4n) is 1.98. The fourth-order valence-corrected chi connectivity index (χ4v) is 2.16. The molecule has 0 fully saturated rings. The molecular weight excluding hydrogens is 300 g/mol. The number of anilines is 2. The van der Waals surface area contributed by atoms with Crippen LogP contribution in [0.1, 0.15) is 12.5 Å². The van der Waals surface area contributed by atoms with Gasteiger partial charge in [-0.05, 0) is 43.7 Å². The molecule has 0 spiro atoms. The maximum absolute atomic E-state index is 12.0. The van der Waals surface area contributed by atoms with E-state index in [1.807, 2.05) is 50.2 Å². The number of amides is 1. The van der Waals surface area contributed by atoms with Gasteiger partial charge in [-0.15, -0.1) is 0 Å². The summed E-state index contributed by atoms with van der Waals surface area (Å²) in [5, 5.41) is 6.55. The third kappa shape index (κ3) is 4.40. The Hall–Kier alpha value is -2.20. The maximum atomic E-state index is 12.0. The van der Waals surface area contributed by atoms with Gasteiger partial charge in [-0.3, -0.25) is 4.79 Å². The minimum Gasteiger partial charge on any atom is -0.494 e. The molecule has 2 aromatic rings. The lowest BCUT2D eigenvalue weighted by molar-refractivity contribution is -0.114. The van der Waals surface area contributed by atoms with Crippen molar-refractivity contribution >= 4 is 28.9 Å². The first kappa shape index (κ1) is 16.2. The van der Waals surface area contributed by atoms with Crippen LogP contribution in [-0.2, 0) is 4.79 Å². The number of benzene rings is 2. The zero-order chi connectivity index (χ0) is 15.9.